The van der Waals surface area contributed by atoms with Crippen molar-refractivity contribution in [3.63, 3.8) is 0 Å². The van der Waals surface area contributed by atoms with Crippen LogP contribution >= 0.6 is 0 Å². The standard InChI is InChI=1S/C19H20N2O5/c1-3-12-10-16(26-15(12)4-2)18(23)25-13-7-5-11(6-8-13)9-14-17(22)21-19(24)20-14/h5-8,10,14H,3-4,9H2,1-2H3,(H2,20,21,22,24). The summed E-state index contributed by atoms with van der Waals surface area (Å²) in [5, 5.41) is 4.73. The van der Waals surface area contributed by atoms with Crippen molar-refractivity contribution in [1.29, 1.82) is 0 Å². The normalized spacial score (nSPS) is 16.3. The van der Waals surface area contributed by atoms with Crippen LogP contribution in [0.1, 0.15) is 41.3 Å². The Morgan fingerprint density at radius 3 is 2.42 bits per heavy atom. The smallest absolute Gasteiger partial charge is 0.379 e. The summed E-state index contributed by atoms with van der Waals surface area (Å²) in [6.45, 7) is 3.98. The molecule has 1 aliphatic heterocycles. The Bertz CT molecular complexity index is 817. The summed E-state index contributed by atoms with van der Waals surface area (Å²) < 4.78 is 10.9. The topological polar surface area (TPSA) is 97.6 Å². The van der Waals surface area contributed by atoms with Gasteiger partial charge in [-0.2, -0.15) is 0 Å². The molecule has 1 aliphatic rings. The molecule has 2 N–H and O–H groups in total. The van der Waals surface area contributed by atoms with Gasteiger partial charge < -0.3 is 14.5 Å². The minimum atomic E-state index is -0.584. The Kier molecular flexibility index (Phi) is 5.06. The Morgan fingerprint density at radius 2 is 1.88 bits per heavy atom. The van der Waals surface area contributed by atoms with Gasteiger partial charge in [0.25, 0.3) is 5.91 Å². The van der Waals surface area contributed by atoms with Gasteiger partial charge >= 0.3 is 12.0 Å². The molecular formula is C19H20N2O5. The second kappa shape index (κ2) is 7.43. The first-order valence-corrected chi connectivity index (χ1v) is 8.54. The van der Waals surface area contributed by atoms with E-state index in [0.717, 1.165) is 29.7 Å². The molecule has 0 saturated carbocycles. The van der Waals surface area contributed by atoms with Crippen molar-refractivity contribution in [3.8, 4) is 5.75 Å². The van der Waals surface area contributed by atoms with Gasteiger partial charge in [-0.25, -0.2) is 9.59 Å². The van der Waals surface area contributed by atoms with Crippen molar-refractivity contribution in [2.75, 3.05) is 0 Å². The van der Waals surface area contributed by atoms with Gasteiger partial charge in [0.1, 0.15) is 17.6 Å². The van der Waals surface area contributed by atoms with Gasteiger partial charge in [0.15, 0.2) is 0 Å². The van der Waals surface area contributed by atoms with Gasteiger partial charge in [0.2, 0.25) is 5.76 Å². The quantitative estimate of drug-likeness (QED) is 0.470. The number of hydrogen-bond donors (Lipinski definition) is 2. The summed E-state index contributed by atoms with van der Waals surface area (Å²) in [5.74, 6) is 0.474. The number of carbonyl (C=O) groups is 3. The highest BCUT2D eigenvalue weighted by atomic mass is 16.5. The van der Waals surface area contributed by atoms with E-state index in [9.17, 15) is 14.4 Å². The van der Waals surface area contributed by atoms with Crippen LogP contribution < -0.4 is 15.4 Å². The number of carbonyl (C=O) groups excluding carboxylic acids is 3. The van der Waals surface area contributed by atoms with Crippen LogP contribution in [-0.4, -0.2) is 23.9 Å². The lowest BCUT2D eigenvalue weighted by molar-refractivity contribution is -0.120. The van der Waals surface area contributed by atoms with E-state index in [2.05, 4.69) is 10.6 Å². The minimum Gasteiger partial charge on any atom is -0.454 e. The average Bonchev–Trinajstić information content (AvgIpc) is 3.19. The van der Waals surface area contributed by atoms with Gasteiger partial charge in [-0.05, 0) is 35.7 Å². The van der Waals surface area contributed by atoms with Crippen LogP contribution in [0.4, 0.5) is 4.79 Å². The molecule has 7 heteroatoms. The van der Waals surface area contributed by atoms with Crippen LogP contribution in [-0.2, 0) is 24.1 Å². The molecule has 1 unspecified atom stereocenters. The molecule has 1 aromatic heterocycles. The highest BCUT2D eigenvalue weighted by Crippen LogP contribution is 2.20. The molecule has 3 rings (SSSR count). The first-order chi connectivity index (χ1) is 12.5. The number of amides is 3. The van der Waals surface area contributed by atoms with E-state index in [1.807, 2.05) is 13.8 Å². The number of benzene rings is 1. The largest absolute Gasteiger partial charge is 0.454 e. The lowest BCUT2D eigenvalue weighted by Gasteiger charge is -2.08. The van der Waals surface area contributed by atoms with E-state index in [0.29, 0.717) is 12.2 Å². The lowest BCUT2D eigenvalue weighted by atomic mass is 10.1. The molecule has 0 spiro atoms. The van der Waals surface area contributed by atoms with Gasteiger partial charge in [-0.3, -0.25) is 10.1 Å². The lowest BCUT2D eigenvalue weighted by Crippen LogP contribution is -2.31. The fraction of sp³-hybridized carbons (Fsp3) is 0.316. The molecule has 3 amide bonds. The van der Waals surface area contributed by atoms with Gasteiger partial charge in [0.05, 0.1) is 0 Å². The fourth-order valence-corrected chi connectivity index (χ4v) is 2.85. The van der Waals surface area contributed by atoms with E-state index >= 15 is 0 Å². The van der Waals surface area contributed by atoms with Gasteiger partial charge in [0, 0.05) is 12.8 Å². The monoisotopic (exact) mass is 356 g/mol. The SMILES string of the molecule is CCc1cc(C(=O)Oc2ccc(CC3NC(=O)NC3=O)cc2)oc1CC. The molecule has 7 nitrogen and oxygen atoms in total. The Hall–Kier alpha value is -3.09. The third-order valence-electron chi connectivity index (χ3n) is 4.23. The van der Waals surface area contributed by atoms with Gasteiger partial charge in [-0.15, -0.1) is 0 Å². The molecular weight excluding hydrogens is 336 g/mol. The molecule has 1 fully saturated rings. The predicted molar refractivity (Wildman–Crippen MR) is 93.0 cm³/mol. The van der Waals surface area contributed by atoms with Crippen LogP contribution in [0.25, 0.3) is 0 Å². The van der Waals surface area contributed by atoms with Crippen molar-refractivity contribution >= 4 is 17.9 Å². The van der Waals surface area contributed by atoms with Crippen LogP contribution in [0.15, 0.2) is 34.7 Å². The summed E-state index contributed by atoms with van der Waals surface area (Å²) in [7, 11) is 0. The first-order valence-electron chi connectivity index (χ1n) is 8.54. The number of aryl methyl sites for hydroxylation is 2. The maximum Gasteiger partial charge on any atom is 0.379 e. The first kappa shape index (κ1) is 17.7. The van der Waals surface area contributed by atoms with Crippen LogP contribution in [0, 0.1) is 0 Å². The van der Waals surface area contributed by atoms with E-state index in [1.165, 1.54) is 0 Å². The average molecular weight is 356 g/mol. The Labute approximate surface area is 150 Å². The molecule has 0 bridgehead atoms. The van der Waals surface area contributed by atoms with Crippen molar-refractivity contribution < 1.29 is 23.5 Å². The van der Waals surface area contributed by atoms with E-state index in [-0.39, 0.29) is 11.7 Å². The number of esters is 1. The molecule has 1 atom stereocenters. The second-order valence-electron chi connectivity index (χ2n) is 6.02. The van der Waals surface area contributed by atoms with E-state index < -0.39 is 18.0 Å². The number of nitrogens with one attached hydrogen (secondary N) is 2. The maximum absolute atomic E-state index is 12.2. The minimum absolute atomic E-state index is 0.188. The molecule has 1 saturated heterocycles. The fourth-order valence-electron chi connectivity index (χ4n) is 2.85. The molecule has 136 valence electrons. The number of imide groups is 1. The molecule has 2 aromatic rings. The van der Waals surface area contributed by atoms with Crippen molar-refractivity contribution in [2.24, 2.45) is 0 Å². The Balaban J connectivity index is 1.63. The molecule has 2 heterocycles. The summed E-state index contributed by atoms with van der Waals surface area (Å²) in [4.78, 5) is 34.9. The van der Waals surface area contributed by atoms with E-state index in [4.69, 9.17) is 9.15 Å². The zero-order chi connectivity index (χ0) is 18.7. The zero-order valence-corrected chi connectivity index (χ0v) is 14.6. The van der Waals surface area contributed by atoms with E-state index in [1.54, 1.807) is 30.3 Å². The van der Waals surface area contributed by atoms with Crippen LogP contribution in [0.5, 0.6) is 5.75 Å². The van der Waals surface area contributed by atoms with Crippen molar-refractivity contribution in [2.45, 2.75) is 39.2 Å². The third kappa shape index (κ3) is 3.77. The van der Waals surface area contributed by atoms with Crippen LogP contribution in [0.2, 0.25) is 0 Å². The number of furan rings is 1. The highest BCUT2D eigenvalue weighted by Gasteiger charge is 2.29. The Morgan fingerprint density at radius 1 is 1.15 bits per heavy atom. The van der Waals surface area contributed by atoms with Crippen molar-refractivity contribution in [1.82, 2.24) is 10.6 Å². The number of rotatable bonds is 6. The number of hydrogen-bond acceptors (Lipinski definition) is 5. The molecule has 26 heavy (non-hydrogen) atoms. The summed E-state index contributed by atoms with van der Waals surface area (Å²) >= 11 is 0. The van der Waals surface area contributed by atoms with Crippen LogP contribution in [0.3, 0.4) is 0 Å². The number of urea groups is 1. The summed E-state index contributed by atoms with van der Waals surface area (Å²) in [6.07, 6.45) is 1.88. The summed E-state index contributed by atoms with van der Waals surface area (Å²) in [6, 6.07) is 7.44. The highest BCUT2D eigenvalue weighted by molar-refractivity contribution is 6.04. The summed E-state index contributed by atoms with van der Waals surface area (Å²) in [5.41, 5.74) is 1.85. The number of ether oxygens (including phenoxy) is 1. The molecule has 1 aromatic carbocycles. The molecule has 0 aliphatic carbocycles. The molecule has 0 radical (unpaired) electrons. The third-order valence-corrected chi connectivity index (χ3v) is 4.23. The van der Waals surface area contributed by atoms with Gasteiger partial charge in [-0.1, -0.05) is 26.0 Å². The zero-order valence-electron chi connectivity index (χ0n) is 14.6. The predicted octanol–water partition coefficient (Wildman–Crippen LogP) is 2.37. The van der Waals surface area contributed by atoms with Crippen molar-refractivity contribution in [3.05, 3.63) is 53.0 Å². The maximum atomic E-state index is 12.2. The second-order valence-corrected chi connectivity index (χ2v) is 6.02.